The third kappa shape index (κ3) is 4.22. The number of phenolic OH excluding ortho intramolecular Hbond substituents is 2. The number of nitrogens with one attached hydrogen (secondary N) is 1. The van der Waals surface area contributed by atoms with E-state index in [4.69, 9.17) is 0 Å². The van der Waals surface area contributed by atoms with Crippen molar-refractivity contribution in [2.45, 2.75) is 6.54 Å². The van der Waals surface area contributed by atoms with Gasteiger partial charge in [-0.15, -0.1) is 10.2 Å². The quantitative estimate of drug-likeness (QED) is 0.428. The van der Waals surface area contributed by atoms with Crippen LogP contribution in [0.15, 0.2) is 52.0 Å². The summed E-state index contributed by atoms with van der Waals surface area (Å²) in [6, 6.07) is 11.9. The number of nitrogens with zero attached hydrogens (tertiary/aromatic N) is 5. The monoisotopic (exact) mass is 416 g/mol. The fourth-order valence-corrected chi connectivity index (χ4v) is 2.38. The number of carbonyl (C=O) groups excluding carboxylic acids is 1. The summed E-state index contributed by atoms with van der Waals surface area (Å²) in [5.41, 5.74) is 3.42. The molecule has 2 aromatic carbocycles. The summed E-state index contributed by atoms with van der Waals surface area (Å²) >= 11 is 3.13. The van der Waals surface area contributed by atoms with Gasteiger partial charge in [0.25, 0.3) is 5.91 Å². The number of tetrazole rings is 1. The van der Waals surface area contributed by atoms with Crippen LogP contribution in [-0.4, -0.2) is 42.5 Å². The van der Waals surface area contributed by atoms with Crippen molar-refractivity contribution in [3.63, 3.8) is 0 Å². The number of phenols is 2. The third-order valence-corrected chi connectivity index (χ3v) is 3.89. The van der Waals surface area contributed by atoms with Gasteiger partial charge in [-0.05, 0) is 27.2 Å². The van der Waals surface area contributed by atoms with Crippen molar-refractivity contribution in [3.05, 3.63) is 52.5 Å². The maximum absolute atomic E-state index is 11.9. The summed E-state index contributed by atoms with van der Waals surface area (Å²) in [7, 11) is 0. The Morgan fingerprint density at radius 2 is 2.00 bits per heavy atom. The van der Waals surface area contributed by atoms with Crippen molar-refractivity contribution in [3.8, 4) is 22.9 Å². The number of hydrazone groups is 1. The molecule has 26 heavy (non-hydrogen) atoms. The molecule has 9 nitrogen and oxygen atoms in total. The van der Waals surface area contributed by atoms with Gasteiger partial charge in [0.15, 0.2) is 0 Å². The molecule has 0 aliphatic heterocycles. The molecule has 0 saturated carbocycles. The average Bonchev–Trinajstić information content (AvgIpc) is 3.08. The van der Waals surface area contributed by atoms with Gasteiger partial charge in [0.1, 0.15) is 18.0 Å². The first-order valence-electron chi connectivity index (χ1n) is 7.39. The van der Waals surface area contributed by atoms with Crippen molar-refractivity contribution < 1.29 is 15.0 Å². The summed E-state index contributed by atoms with van der Waals surface area (Å²) in [4.78, 5) is 13.0. The van der Waals surface area contributed by atoms with E-state index in [1.54, 1.807) is 0 Å². The molecule has 132 valence electrons. The molecule has 0 radical (unpaired) electrons. The van der Waals surface area contributed by atoms with E-state index >= 15 is 0 Å². The molecule has 1 amide bonds. The Labute approximate surface area is 156 Å². The molecule has 3 N–H and O–H groups in total. The largest absolute Gasteiger partial charge is 0.507 e. The van der Waals surface area contributed by atoms with E-state index in [1.165, 1.54) is 12.3 Å². The van der Waals surface area contributed by atoms with Crippen molar-refractivity contribution >= 4 is 28.1 Å². The first kappa shape index (κ1) is 17.5. The van der Waals surface area contributed by atoms with E-state index in [9.17, 15) is 15.0 Å². The van der Waals surface area contributed by atoms with Gasteiger partial charge < -0.3 is 10.2 Å². The highest BCUT2D eigenvalue weighted by atomic mass is 79.9. The molecule has 0 aliphatic carbocycles. The first-order valence-corrected chi connectivity index (χ1v) is 8.19. The van der Waals surface area contributed by atoms with Crippen LogP contribution in [0.1, 0.15) is 5.56 Å². The second-order valence-corrected chi connectivity index (χ2v) is 6.02. The molecule has 0 spiro atoms. The molecule has 10 heteroatoms. The lowest BCUT2D eigenvalue weighted by molar-refractivity contribution is -0.122. The van der Waals surface area contributed by atoms with Crippen molar-refractivity contribution in [2.24, 2.45) is 5.10 Å². The maximum Gasteiger partial charge on any atom is 0.263 e. The van der Waals surface area contributed by atoms with Gasteiger partial charge in [0.05, 0.1) is 10.7 Å². The van der Waals surface area contributed by atoms with E-state index in [2.05, 4.69) is 41.9 Å². The SMILES string of the molecule is O=C(Cn1nnc(-c2ccccc2)n1)N/N=C/c1cc(Br)c(O)cc1O. The topological polar surface area (TPSA) is 126 Å². The second-order valence-electron chi connectivity index (χ2n) is 5.17. The molecule has 0 aliphatic rings. The van der Waals surface area contributed by atoms with E-state index < -0.39 is 5.91 Å². The number of hydrogen-bond donors (Lipinski definition) is 3. The molecule has 3 aromatic rings. The number of hydrogen-bond acceptors (Lipinski definition) is 7. The number of amides is 1. The van der Waals surface area contributed by atoms with Gasteiger partial charge in [0, 0.05) is 17.2 Å². The predicted octanol–water partition coefficient (Wildman–Crippen LogP) is 1.66. The normalized spacial score (nSPS) is 11.0. The van der Waals surface area contributed by atoms with Crippen LogP contribution in [0.5, 0.6) is 11.5 Å². The fraction of sp³-hybridized carbons (Fsp3) is 0.0625. The predicted molar refractivity (Wildman–Crippen MR) is 96.5 cm³/mol. The van der Waals surface area contributed by atoms with Gasteiger partial charge in [-0.2, -0.15) is 9.90 Å². The maximum atomic E-state index is 11.9. The van der Waals surface area contributed by atoms with E-state index in [1.807, 2.05) is 30.3 Å². The minimum absolute atomic E-state index is 0.102. The highest BCUT2D eigenvalue weighted by Gasteiger charge is 2.09. The summed E-state index contributed by atoms with van der Waals surface area (Å²) < 4.78 is 0.392. The van der Waals surface area contributed by atoms with Gasteiger partial charge in [0.2, 0.25) is 5.82 Å². The Hall–Kier alpha value is -3.27. The number of carbonyl (C=O) groups is 1. The zero-order chi connectivity index (χ0) is 18.5. The van der Waals surface area contributed by atoms with Crippen LogP contribution >= 0.6 is 15.9 Å². The minimum atomic E-state index is -0.462. The third-order valence-electron chi connectivity index (χ3n) is 3.26. The molecular weight excluding hydrogens is 404 g/mol. The molecule has 1 heterocycles. The summed E-state index contributed by atoms with van der Waals surface area (Å²) in [6.07, 6.45) is 1.25. The highest BCUT2D eigenvalue weighted by molar-refractivity contribution is 9.10. The van der Waals surface area contributed by atoms with E-state index in [0.717, 1.165) is 16.4 Å². The molecule has 3 rings (SSSR count). The van der Waals surface area contributed by atoms with E-state index in [0.29, 0.717) is 15.9 Å². The van der Waals surface area contributed by atoms with Gasteiger partial charge in [-0.1, -0.05) is 30.3 Å². The molecule has 0 unspecified atom stereocenters. The lowest BCUT2D eigenvalue weighted by Crippen LogP contribution is -2.24. The van der Waals surface area contributed by atoms with Crippen molar-refractivity contribution in [1.82, 2.24) is 25.6 Å². The molecular formula is C16H13BrN6O3. The Bertz CT molecular complexity index is 958. The molecule has 1 aromatic heterocycles. The summed E-state index contributed by atoms with van der Waals surface area (Å²) in [6.45, 7) is -0.164. The van der Waals surface area contributed by atoms with Gasteiger partial charge in [-0.25, -0.2) is 5.43 Å². The van der Waals surface area contributed by atoms with Crippen molar-refractivity contribution in [2.75, 3.05) is 0 Å². The Morgan fingerprint density at radius 1 is 1.23 bits per heavy atom. The Kier molecular flexibility index (Phi) is 5.23. The van der Waals surface area contributed by atoms with Gasteiger partial charge in [-0.3, -0.25) is 4.79 Å². The van der Waals surface area contributed by atoms with Crippen LogP contribution in [0.25, 0.3) is 11.4 Å². The summed E-state index contributed by atoms with van der Waals surface area (Å²) in [5, 5.41) is 34.8. The van der Waals surface area contributed by atoms with Crippen LogP contribution in [0.4, 0.5) is 0 Å². The molecule has 0 saturated heterocycles. The Morgan fingerprint density at radius 3 is 2.77 bits per heavy atom. The van der Waals surface area contributed by atoms with Crippen molar-refractivity contribution in [1.29, 1.82) is 0 Å². The smallest absolute Gasteiger partial charge is 0.263 e. The van der Waals surface area contributed by atoms with E-state index in [-0.39, 0.29) is 18.0 Å². The molecule has 0 fully saturated rings. The number of aromatic nitrogens is 4. The zero-order valence-electron chi connectivity index (χ0n) is 13.2. The summed E-state index contributed by atoms with van der Waals surface area (Å²) in [5.74, 6) is -0.319. The van der Waals surface area contributed by atoms with Crippen LogP contribution in [-0.2, 0) is 11.3 Å². The lowest BCUT2D eigenvalue weighted by Gasteiger charge is -2.02. The standard InChI is InChI=1S/C16H13BrN6O3/c17-12-6-11(13(24)7-14(12)25)8-18-19-15(26)9-23-21-16(20-22-23)10-4-2-1-3-5-10/h1-8,24-25H,9H2,(H,19,26)/b18-8+. The van der Waals surface area contributed by atoms with Crippen LogP contribution in [0.2, 0.25) is 0 Å². The average molecular weight is 417 g/mol. The van der Waals surface area contributed by atoms with Crippen LogP contribution in [0.3, 0.4) is 0 Å². The lowest BCUT2D eigenvalue weighted by atomic mass is 10.2. The first-order chi connectivity index (χ1) is 12.5. The number of rotatable bonds is 5. The van der Waals surface area contributed by atoms with Gasteiger partial charge >= 0.3 is 0 Å². The second kappa shape index (κ2) is 7.74. The molecule has 0 atom stereocenters. The fourth-order valence-electron chi connectivity index (χ4n) is 2.02. The minimum Gasteiger partial charge on any atom is -0.507 e. The zero-order valence-corrected chi connectivity index (χ0v) is 14.8. The van der Waals surface area contributed by atoms with Crippen LogP contribution < -0.4 is 5.43 Å². The number of halogens is 1. The number of aromatic hydroxyl groups is 2. The van der Waals surface area contributed by atoms with Crippen LogP contribution in [0, 0.1) is 0 Å². The Balaban J connectivity index is 1.60. The number of benzene rings is 2. The highest BCUT2D eigenvalue weighted by Crippen LogP contribution is 2.30. The molecule has 0 bridgehead atoms.